The number of hydrogen-bond acceptors (Lipinski definition) is 4. The van der Waals surface area contributed by atoms with Crippen LogP contribution in [0.2, 0.25) is 0 Å². The number of nitrogens with one attached hydrogen (secondary N) is 2. The molecule has 0 aliphatic heterocycles. The molecule has 0 aliphatic rings. The molecule has 148 valence electrons. The molecule has 0 saturated carbocycles. The van der Waals surface area contributed by atoms with Gasteiger partial charge >= 0.3 is 0 Å². The lowest BCUT2D eigenvalue weighted by Gasteiger charge is -2.10. The fourth-order valence-corrected chi connectivity index (χ4v) is 4.11. The van der Waals surface area contributed by atoms with E-state index in [0.29, 0.717) is 17.1 Å². The van der Waals surface area contributed by atoms with E-state index in [-0.39, 0.29) is 11.6 Å². The van der Waals surface area contributed by atoms with Crippen LogP contribution in [0.15, 0.2) is 66.0 Å². The first-order valence-electron chi connectivity index (χ1n) is 9.14. The van der Waals surface area contributed by atoms with Crippen LogP contribution in [0.5, 0.6) is 0 Å². The predicted octanol–water partition coefficient (Wildman–Crippen LogP) is 5.64. The number of fused-ring (bicyclic) bond motifs is 1. The van der Waals surface area contributed by atoms with Crippen molar-refractivity contribution in [1.29, 1.82) is 0 Å². The van der Waals surface area contributed by atoms with E-state index in [0.717, 1.165) is 27.7 Å². The van der Waals surface area contributed by atoms with E-state index in [9.17, 15) is 8.78 Å². The average Bonchev–Trinajstić information content (AvgIpc) is 3.01. The number of aryl methyl sites for hydroxylation is 1. The maximum atomic E-state index is 14.2. The molecule has 2 heterocycles. The quantitative estimate of drug-likeness (QED) is 0.432. The highest BCUT2D eigenvalue weighted by molar-refractivity contribution is 7.98. The average molecular weight is 410 g/mol. The minimum absolute atomic E-state index is 0.295. The Hall–Kier alpha value is -2.90. The zero-order chi connectivity index (χ0) is 20.4. The molecule has 0 atom stereocenters. The van der Waals surface area contributed by atoms with Gasteiger partial charge in [0.25, 0.3) is 0 Å². The number of nitrogens with zero attached hydrogens (tertiary/aromatic N) is 2. The first-order chi connectivity index (χ1) is 14.0. The van der Waals surface area contributed by atoms with Gasteiger partial charge in [-0.1, -0.05) is 12.1 Å². The maximum absolute atomic E-state index is 14.2. The maximum Gasteiger partial charge on any atom is 0.146 e. The second-order valence-electron chi connectivity index (χ2n) is 6.78. The van der Waals surface area contributed by atoms with Crippen LogP contribution >= 0.6 is 11.9 Å². The van der Waals surface area contributed by atoms with Crippen LogP contribution in [0, 0.1) is 18.6 Å². The van der Waals surface area contributed by atoms with E-state index in [1.807, 2.05) is 48.4 Å². The SMILES string of the molecule is CNCc1cn(Sc2cncc(F)c2)c2cc(Nc3ccc(C)cc3F)ccc12. The van der Waals surface area contributed by atoms with Crippen molar-refractivity contribution in [3.8, 4) is 0 Å². The summed E-state index contributed by atoms with van der Waals surface area (Å²) in [6.07, 6.45) is 4.83. The molecule has 7 heteroatoms. The van der Waals surface area contributed by atoms with Crippen LogP contribution < -0.4 is 10.6 Å². The lowest BCUT2D eigenvalue weighted by molar-refractivity contribution is 0.617. The summed E-state index contributed by atoms with van der Waals surface area (Å²) in [7, 11) is 1.89. The summed E-state index contributed by atoms with van der Waals surface area (Å²) in [5, 5.41) is 7.39. The normalized spacial score (nSPS) is 11.2. The molecular formula is C22H20F2N4S. The topological polar surface area (TPSA) is 41.9 Å². The summed E-state index contributed by atoms with van der Waals surface area (Å²) >= 11 is 1.38. The zero-order valence-electron chi connectivity index (χ0n) is 16.0. The van der Waals surface area contributed by atoms with Crippen molar-refractivity contribution in [1.82, 2.24) is 14.3 Å². The van der Waals surface area contributed by atoms with Crippen LogP contribution in [0.3, 0.4) is 0 Å². The van der Waals surface area contributed by atoms with Gasteiger partial charge in [-0.05, 0) is 67.4 Å². The van der Waals surface area contributed by atoms with E-state index in [2.05, 4.69) is 15.6 Å². The van der Waals surface area contributed by atoms with Gasteiger partial charge in [-0.2, -0.15) is 0 Å². The molecule has 4 rings (SSSR count). The van der Waals surface area contributed by atoms with Crippen LogP contribution in [0.4, 0.5) is 20.2 Å². The summed E-state index contributed by atoms with van der Waals surface area (Å²) in [6.45, 7) is 2.55. The molecule has 0 amide bonds. The Labute approximate surface area is 172 Å². The predicted molar refractivity (Wildman–Crippen MR) is 115 cm³/mol. The lowest BCUT2D eigenvalue weighted by atomic mass is 10.1. The molecule has 0 saturated heterocycles. The van der Waals surface area contributed by atoms with Crippen LogP contribution in [-0.4, -0.2) is 16.0 Å². The third kappa shape index (κ3) is 4.26. The number of rotatable bonds is 6. The van der Waals surface area contributed by atoms with Crippen molar-refractivity contribution in [2.45, 2.75) is 18.4 Å². The zero-order valence-corrected chi connectivity index (χ0v) is 16.9. The van der Waals surface area contributed by atoms with E-state index in [1.165, 1.54) is 30.3 Å². The summed E-state index contributed by atoms with van der Waals surface area (Å²) in [4.78, 5) is 4.61. The molecule has 0 radical (unpaired) electrons. The number of benzene rings is 2. The first kappa shape index (κ1) is 19.4. The molecule has 2 aromatic carbocycles. The molecule has 2 aromatic heterocycles. The van der Waals surface area contributed by atoms with Crippen LogP contribution in [0.1, 0.15) is 11.1 Å². The van der Waals surface area contributed by atoms with Gasteiger partial charge < -0.3 is 10.6 Å². The number of pyridine rings is 1. The number of hydrogen-bond donors (Lipinski definition) is 2. The third-order valence-corrected chi connectivity index (χ3v) is 5.44. The van der Waals surface area contributed by atoms with E-state index in [1.54, 1.807) is 12.3 Å². The number of anilines is 2. The highest BCUT2D eigenvalue weighted by Gasteiger charge is 2.12. The van der Waals surface area contributed by atoms with Gasteiger partial charge in [0.05, 0.1) is 22.3 Å². The van der Waals surface area contributed by atoms with Gasteiger partial charge in [0.15, 0.2) is 0 Å². The van der Waals surface area contributed by atoms with Crippen molar-refractivity contribution in [2.75, 3.05) is 12.4 Å². The van der Waals surface area contributed by atoms with Gasteiger partial charge in [0.2, 0.25) is 0 Å². The van der Waals surface area contributed by atoms with Gasteiger partial charge in [0.1, 0.15) is 11.6 Å². The third-order valence-electron chi connectivity index (χ3n) is 4.51. The number of halogens is 2. The Morgan fingerprint density at radius 1 is 1.07 bits per heavy atom. The largest absolute Gasteiger partial charge is 0.353 e. The smallest absolute Gasteiger partial charge is 0.146 e. The van der Waals surface area contributed by atoms with Gasteiger partial charge in [-0.3, -0.25) is 8.96 Å². The van der Waals surface area contributed by atoms with Crippen molar-refractivity contribution in [2.24, 2.45) is 0 Å². The molecule has 4 nitrogen and oxygen atoms in total. The minimum atomic E-state index is -0.376. The first-order valence-corrected chi connectivity index (χ1v) is 9.91. The molecule has 29 heavy (non-hydrogen) atoms. The molecular weight excluding hydrogens is 390 g/mol. The Morgan fingerprint density at radius 2 is 1.93 bits per heavy atom. The Kier molecular flexibility index (Phi) is 5.51. The molecule has 2 N–H and O–H groups in total. The van der Waals surface area contributed by atoms with Crippen molar-refractivity contribution >= 4 is 34.2 Å². The second kappa shape index (κ2) is 8.23. The molecule has 0 aliphatic carbocycles. The fraction of sp³-hybridized carbons (Fsp3) is 0.136. The Morgan fingerprint density at radius 3 is 2.69 bits per heavy atom. The molecule has 0 bridgehead atoms. The van der Waals surface area contributed by atoms with Crippen molar-refractivity contribution in [3.63, 3.8) is 0 Å². The van der Waals surface area contributed by atoms with Gasteiger partial charge in [0, 0.05) is 30.0 Å². The molecule has 0 spiro atoms. The second-order valence-corrected chi connectivity index (χ2v) is 7.83. The fourth-order valence-electron chi connectivity index (χ4n) is 3.18. The van der Waals surface area contributed by atoms with Crippen LogP contribution in [-0.2, 0) is 6.54 Å². The lowest BCUT2D eigenvalue weighted by Crippen LogP contribution is -2.04. The Bertz CT molecular complexity index is 1170. The van der Waals surface area contributed by atoms with Gasteiger partial charge in [-0.15, -0.1) is 0 Å². The van der Waals surface area contributed by atoms with Crippen molar-refractivity contribution < 1.29 is 8.78 Å². The molecule has 4 aromatic rings. The summed E-state index contributed by atoms with van der Waals surface area (Å²) in [6, 6.07) is 12.5. The summed E-state index contributed by atoms with van der Waals surface area (Å²) < 4.78 is 29.8. The van der Waals surface area contributed by atoms with Gasteiger partial charge in [-0.25, -0.2) is 8.78 Å². The summed E-state index contributed by atoms with van der Waals surface area (Å²) in [5.74, 6) is -0.671. The molecule has 0 unspecified atom stereocenters. The Balaban J connectivity index is 1.73. The van der Waals surface area contributed by atoms with E-state index in [4.69, 9.17) is 0 Å². The monoisotopic (exact) mass is 410 g/mol. The van der Waals surface area contributed by atoms with Crippen molar-refractivity contribution in [3.05, 3.63) is 83.8 Å². The highest BCUT2D eigenvalue weighted by atomic mass is 32.2. The van der Waals surface area contributed by atoms with Crippen LogP contribution in [0.25, 0.3) is 10.9 Å². The highest BCUT2D eigenvalue weighted by Crippen LogP contribution is 2.32. The van der Waals surface area contributed by atoms with E-state index < -0.39 is 0 Å². The standard InChI is InChI=1S/C22H20F2N4S/c1-14-3-6-21(20(24)7-14)27-17-4-5-19-15(10-25-2)13-28(22(19)9-17)29-18-8-16(23)11-26-12-18/h3-9,11-13,25,27H,10H2,1-2H3. The molecule has 0 fully saturated rings. The summed E-state index contributed by atoms with van der Waals surface area (Å²) in [5.41, 5.74) is 4.13. The number of aromatic nitrogens is 2. The minimum Gasteiger partial charge on any atom is -0.353 e. The van der Waals surface area contributed by atoms with E-state index >= 15 is 0 Å².